The lowest BCUT2D eigenvalue weighted by molar-refractivity contribution is -0.130. The monoisotopic (exact) mass is 217 g/mol. The first-order valence-electron chi connectivity index (χ1n) is 4.86. The molecule has 0 aliphatic heterocycles. The van der Waals surface area contributed by atoms with Crippen molar-refractivity contribution in [2.24, 2.45) is 5.73 Å². The molecule has 0 atom stereocenters. The summed E-state index contributed by atoms with van der Waals surface area (Å²) in [6, 6.07) is 0. The number of carbonyl (C=O) groups is 1. The minimum absolute atomic E-state index is 0.125. The molecule has 0 heterocycles. The third kappa shape index (κ3) is 5.85. The van der Waals surface area contributed by atoms with E-state index in [1.165, 1.54) is 11.8 Å². The van der Waals surface area contributed by atoms with E-state index in [0.29, 0.717) is 6.42 Å². The summed E-state index contributed by atoms with van der Waals surface area (Å²) < 4.78 is 0. The SMILES string of the molecule is CCN(CC)C(=O)CCCSC(=N)N. The maximum absolute atomic E-state index is 11.5. The lowest BCUT2D eigenvalue weighted by Gasteiger charge is -2.18. The minimum atomic E-state index is 0.125. The molecule has 0 aromatic rings. The fourth-order valence-electron chi connectivity index (χ4n) is 1.14. The number of rotatable bonds is 6. The Bertz CT molecular complexity index is 192. The average Bonchev–Trinajstić information content (AvgIpc) is 2.14. The number of amidine groups is 1. The van der Waals surface area contributed by atoms with Crippen molar-refractivity contribution in [3.63, 3.8) is 0 Å². The van der Waals surface area contributed by atoms with Gasteiger partial charge in [0.25, 0.3) is 0 Å². The molecule has 0 fully saturated rings. The molecule has 14 heavy (non-hydrogen) atoms. The smallest absolute Gasteiger partial charge is 0.222 e. The van der Waals surface area contributed by atoms with Crippen molar-refractivity contribution >= 4 is 22.8 Å². The van der Waals surface area contributed by atoms with Gasteiger partial charge in [0, 0.05) is 25.3 Å². The summed E-state index contributed by atoms with van der Waals surface area (Å²) in [5, 5.41) is 7.11. The van der Waals surface area contributed by atoms with Crippen LogP contribution >= 0.6 is 11.8 Å². The van der Waals surface area contributed by atoms with Gasteiger partial charge in [-0.05, 0) is 20.3 Å². The first-order valence-corrected chi connectivity index (χ1v) is 5.85. The zero-order valence-electron chi connectivity index (χ0n) is 8.88. The topological polar surface area (TPSA) is 70.2 Å². The lowest BCUT2D eigenvalue weighted by atomic mass is 10.3. The van der Waals surface area contributed by atoms with Crippen LogP contribution in [0.15, 0.2) is 0 Å². The van der Waals surface area contributed by atoms with E-state index >= 15 is 0 Å². The van der Waals surface area contributed by atoms with E-state index < -0.39 is 0 Å². The second-order valence-electron chi connectivity index (χ2n) is 2.88. The van der Waals surface area contributed by atoms with Gasteiger partial charge in [-0.1, -0.05) is 11.8 Å². The second-order valence-corrected chi connectivity index (χ2v) is 4.02. The highest BCUT2D eigenvalue weighted by Gasteiger charge is 2.08. The Hall–Kier alpha value is -0.710. The van der Waals surface area contributed by atoms with E-state index in [4.69, 9.17) is 11.1 Å². The summed E-state index contributed by atoms with van der Waals surface area (Å²) in [5.74, 6) is 0.946. The molecule has 0 bridgehead atoms. The van der Waals surface area contributed by atoms with Crippen LogP contribution in [0.1, 0.15) is 26.7 Å². The van der Waals surface area contributed by atoms with E-state index in [2.05, 4.69) is 0 Å². The number of hydrogen-bond donors (Lipinski definition) is 2. The molecule has 0 rings (SSSR count). The first-order chi connectivity index (χ1) is 6.61. The zero-order chi connectivity index (χ0) is 11.0. The van der Waals surface area contributed by atoms with Gasteiger partial charge in [0.05, 0.1) is 0 Å². The number of nitrogens with one attached hydrogen (secondary N) is 1. The Balaban J connectivity index is 3.57. The lowest BCUT2D eigenvalue weighted by Crippen LogP contribution is -2.30. The Labute approximate surface area is 89.7 Å². The standard InChI is InChI=1S/C9H19N3OS/c1-3-12(4-2)8(13)6-5-7-14-9(10)11/h3-7H2,1-2H3,(H3,10,11). The molecule has 0 aliphatic carbocycles. The highest BCUT2D eigenvalue weighted by atomic mass is 32.2. The zero-order valence-corrected chi connectivity index (χ0v) is 9.69. The van der Waals surface area contributed by atoms with Crippen molar-refractivity contribution in [3.8, 4) is 0 Å². The quantitative estimate of drug-likeness (QED) is 0.400. The summed E-state index contributed by atoms with van der Waals surface area (Å²) in [4.78, 5) is 13.3. The summed E-state index contributed by atoms with van der Waals surface area (Å²) in [6.45, 7) is 5.50. The van der Waals surface area contributed by atoms with Gasteiger partial charge in [0.2, 0.25) is 5.91 Å². The van der Waals surface area contributed by atoms with Crippen molar-refractivity contribution < 1.29 is 4.79 Å². The van der Waals surface area contributed by atoms with E-state index in [0.717, 1.165) is 25.3 Å². The van der Waals surface area contributed by atoms with Crippen LogP contribution in [0.5, 0.6) is 0 Å². The number of nitrogens with two attached hydrogens (primary N) is 1. The molecule has 0 unspecified atom stereocenters. The molecule has 4 nitrogen and oxygen atoms in total. The number of amides is 1. The molecule has 0 saturated carbocycles. The fourth-order valence-corrected chi connectivity index (χ4v) is 1.65. The van der Waals surface area contributed by atoms with Crippen LogP contribution in [0, 0.1) is 5.41 Å². The molecule has 1 amide bonds. The average molecular weight is 217 g/mol. The van der Waals surface area contributed by atoms with E-state index in [-0.39, 0.29) is 11.1 Å². The van der Waals surface area contributed by atoms with Gasteiger partial charge in [0.15, 0.2) is 5.17 Å². The Morgan fingerprint density at radius 1 is 1.43 bits per heavy atom. The molecule has 0 aliphatic rings. The van der Waals surface area contributed by atoms with E-state index in [1.54, 1.807) is 0 Å². The van der Waals surface area contributed by atoms with Crippen molar-refractivity contribution in [2.75, 3.05) is 18.8 Å². The molecule has 0 aromatic heterocycles. The third-order valence-electron chi connectivity index (χ3n) is 1.91. The Morgan fingerprint density at radius 2 is 2.00 bits per heavy atom. The number of thioether (sulfide) groups is 1. The van der Waals surface area contributed by atoms with Crippen LogP contribution in [0.25, 0.3) is 0 Å². The normalized spacial score (nSPS) is 9.86. The molecule has 5 heteroatoms. The third-order valence-corrected chi connectivity index (χ3v) is 2.71. The molecule has 0 spiro atoms. The fraction of sp³-hybridized carbons (Fsp3) is 0.778. The van der Waals surface area contributed by atoms with Gasteiger partial charge in [-0.2, -0.15) is 0 Å². The second kappa shape index (κ2) is 7.67. The Kier molecular flexibility index (Phi) is 7.28. The predicted octanol–water partition coefficient (Wildman–Crippen LogP) is 1.26. The summed E-state index contributed by atoms with van der Waals surface area (Å²) >= 11 is 1.29. The summed E-state index contributed by atoms with van der Waals surface area (Å²) in [5.41, 5.74) is 5.17. The van der Waals surface area contributed by atoms with Crippen LogP contribution < -0.4 is 5.73 Å². The van der Waals surface area contributed by atoms with Gasteiger partial charge < -0.3 is 10.6 Å². The predicted molar refractivity (Wildman–Crippen MR) is 61.5 cm³/mol. The molecule has 82 valence electrons. The van der Waals surface area contributed by atoms with Crippen molar-refractivity contribution in [3.05, 3.63) is 0 Å². The van der Waals surface area contributed by atoms with Crippen molar-refractivity contribution in [1.29, 1.82) is 5.41 Å². The number of carbonyl (C=O) groups excluding carboxylic acids is 1. The number of hydrogen-bond acceptors (Lipinski definition) is 3. The van der Waals surface area contributed by atoms with Crippen LogP contribution in [-0.4, -0.2) is 34.8 Å². The molecule has 0 radical (unpaired) electrons. The van der Waals surface area contributed by atoms with Crippen molar-refractivity contribution in [1.82, 2.24) is 4.90 Å². The van der Waals surface area contributed by atoms with Crippen LogP contribution in [0.4, 0.5) is 0 Å². The maximum Gasteiger partial charge on any atom is 0.222 e. The highest BCUT2D eigenvalue weighted by molar-refractivity contribution is 8.13. The molecule has 0 saturated heterocycles. The van der Waals surface area contributed by atoms with Gasteiger partial charge in [-0.3, -0.25) is 10.2 Å². The maximum atomic E-state index is 11.5. The Morgan fingerprint density at radius 3 is 2.43 bits per heavy atom. The largest absolute Gasteiger partial charge is 0.379 e. The first kappa shape index (κ1) is 13.3. The molecule has 3 N–H and O–H groups in total. The van der Waals surface area contributed by atoms with Crippen LogP contribution in [0.2, 0.25) is 0 Å². The molecular weight excluding hydrogens is 198 g/mol. The van der Waals surface area contributed by atoms with Crippen molar-refractivity contribution in [2.45, 2.75) is 26.7 Å². The number of nitrogens with zero attached hydrogens (tertiary/aromatic N) is 1. The van der Waals surface area contributed by atoms with Gasteiger partial charge in [-0.15, -0.1) is 0 Å². The molecule has 0 aromatic carbocycles. The molecular formula is C9H19N3OS. The van der Waals surface area contributed by atoms with Crippen LogP contribution in [0.3, 0.4) is 0 Å². The van der Waals surface area contributed by atoms with E-state index in [9.17, 15) is 4.79 Å². The summed E-state index contributed by atoms with van der Waals surface area (Å²) in [6.07, 6.45) is 1.35. The summed E-state index contributed by atoms with van der Waals surface area (Å²) in [7, 11) is 0. The van der Waals surface area contributed by atoms with Gasteiger partial charge in [0.1, 0.15) is 0 Å². The highest BCUT2D eigenvalue weighted by Crippen LogP contribution is 2.05. The minimum Gasteiger partial charge on any atom is -0.379 e. The van der Waals surface area contributed by atoms with Crippen LogP contribution in [-0.2, 0) is 4.79 Å². The van der Waals surface area contributed by atoms with Gasteiger partial charge >= 0.3 is 0 Å². The van der Waals surface area contributed by atoms with Gasteiger partial charge in [-0.25, -0.2) is 0 Å². The van der Waals surface area contributed by atoms with E-state index in [1.807, 2.05) is 18.7 Å².